The van der Waals surface area contributed by atoms with Crippen molar-refractivity contribution < 1.29 is 13.2 Å². The molecular formula is C18H22N2O3S. The third kappa shape index (κ3) is 5.18. The summed E-state index contributed by atoms with van der Waals surface area (Å²) in [6.07, 6.45) is 1.11. The Balaban J connectivity index is 2.12. The number of carbonyl (C=O) groups is 1. The summed E-state index contributed by atoms with van der Waals surface area (Å²) in [6.45, 7) is 3.78. The number of hydrogen-bond donors (Lipinski definition) is 1. The van der Waals surface area contributed by atoms with Gasteiger partial charge in [0.2, 0.25) is 15.9 Å². The second-order valence-electron chi connectivity index (χ2n) is 5.88. The first-order valence-electron chi connectivity index (χ1n) is 7.62. The van der Waals surface area contributed by atoms with Crippen molar-refractivity contribution in [2.24, 2.45) is 0 Å². The predicted octanol–water partition coefficient (Wildman–Crippen LogP) is 2.70. The molecule has 0 radical (unpaired) electrons. The fourth-order valence-electron chi connectivity index (χ4n) is 2.37. The second kappa shape index (κ2) is 7.59. The fraction of sp³-hybridized carbons (Fsp3) is 0.278. The molecule has 0 heterocycles. The standard InChI is InChI=1S/C18H22N2O3S/c1-14-7-6-9-16(11-14)12-20(24(3,22)23)13-18(21)19-17-10-5-4-8-15(17)2/h4-11H,12-13H2,1-3H3,(H,19,21). The van der Waals surface area contributed by atoms with Gasteiger partial charge in [0.15, 0.2) is 0 Å². The molecule has 0 unspecified atom stereocenters. The lowest BCUT2D eigenvalue weighted by molar-refractivity contribution is -0.116. The van der Waals surface area contributed by atoms with E-state index in [0.717, 1.165) is 22.9 Å². The minimum absolute atomic E-state index is 0.168. The Morgan fingerprint density at radius 3 is 2.42 bits per heavy atom. The third-order valence-corrected chi connectivity index (χ3v) is 4.85. The molecule has 1 N–H and O–H groups in total. The molecule has 0 aliphatic carbocycles. The van der Waals surface area contributed by atoms with Crippen LogP contribution in [0.4, 0.5) is 5.69 Å². The van der Waals surface area contributed by atoms with E-state index in [1.165, 1.54) is 4.31 Å². The molecule has 6 heteroatoms. The number of aryl methyl sites for hydroxylation is 2. The molecule has 2 aromatic rings. The highest BCUT2D eigenvalue weighted by atomic mass is 32.2. The first-order valence-corrected chi connectivity index (χ1v) is 9.46. The molecule has 1 amide bonds. The number of amides is 1. The van der Waals surface area contributed by atoms with Crippen molar-refractivity contribution in [3.63, 3.8) is 0 Å². The normalized spacial score (nSPS) is 11.5. The Morgan fingerprint density at radius 2 is 1.79 bits per heavy atom. The third-order valence-electron chi connectivity index (χ3n) is 3.65. The monoisotopic (exact) mass is 346 g/mol. The van der Waals surface area contributed by atoms with E-state index in [4.69, 9.17) is 0 Å². The van der Waals surface area contributed by atoms with Crippen LogP contribution in [0, 0.1) is 13.8 Å². The van der Waals surface area contributed by atoms with Gasteiger partial charge in [-0.15, -0.1) is 0 Å². The lowest BCUT2D eigenvalue weighted by atomic mass is 10.1. The molecule has 24 heavy (non-hydrogen) atoms. The molecule has 0 fully saturated rings. The van der Waals surface area contributed by atoms with Gasteiger partial charge in [-0.05, 0) is 31.0 Å². The average Bonchev–Trinajstić information content (AvgIpc) is 2.48. The van der Waals surface area contributed by atoms with Gasteiger partial charge in [0.05, 0.1) is 12.8 Å². The van der Waals surface area contributed by atoms with E-state index in [1.54, 1.807) is 6.07 Å². The van der Waals surface area contributed by atoms with Gasteiger partial charge in [-0.3, -0.25) is 4.79 Å². The lowest BCUT2D eigenvalue weighted by Gasteiger charge is -2.20. The quantitative estimate of drug-likeness (QED) is 0.874. The molecule has 0 saturated carbocycles. The summed E-state index contributed by atoms with van der Waals surface area (Å²) < 4.78 is 25.2. The molecule has 0 aliphatic heterocycles. The van der Waals surface area contributed by atoms with Crippen LogP contribution in [0.15, 0.2) is 48.5 Å². The first kappa shape index (κ1) is 18.2. The van der Waals surface area contributed by atoms with Crippen molar-refractivity contribution in [1.29, 1.82) is 0 Å². The van der Waals surface area contributed by atoms with E-state index in [0.29, 0.717) is 5.69 Å². The maximum Gasteiger partial charge on any atom is 0.239 e. The van der Waals surface area contributed by atoms with Crippen molar-refractivity contribution in [2.75, 3.05) is 18.1 Å². The van der Waals surface area contributed by atoms with Gasteiger partial charge in [-0.1, -0.05) is 48.0 Å². The Labute approximate surface area is 143 Å². The Morgan fingerprint density at radius 1 is 1.08 bits per heavy atom. The van der Waals surface area contributed by atoms with E-state index >= 15 is 0 Å². The van der Waals surface area contributed by atoms with Crippen LogP contribution >= 0.6 is 0 Å². The van der Waals surface area contributed by atoms with Crippen LogP contribution in [-0.4, -0.2) is 31.4 Å². The van der Waals surface area contributed by atoms with E-state index < -0.39 is 10.0 Å². The zero-order valence-corrected chi connectivity index (χ0v) is 14.9. The van der Waals surface area contributed by atoms with Gasteiger partial charge in [-0.2, -0.15) is 4.31 Å². The number of nitrogens with zero attached hydrogens (tertiary/aromatic N) is 1. The van der Waals surface area contributed by atoms with E-state index in [2.05, 4.69) is 5.32 Å². The van der Waals surface area contributed by atoms with E-state index in [-0.39, 0.29) is 19.0 Å². The largest absolute Gasteiger partial charge is 0.325 e. The zero-order valence-electron chi connectivity index (χ0n) is 14.1. The molecule has 0 aliphatic rings. The van der Waals surface area contributed by atoms with Gasteiger partial charge in [0.25, 0.3) is 0 Å². The number of carbonyl (C=O) groups excluding carboxylic acids is 1. The summed E-state index contributed by atoms with van der Waals surface area (Å²) in [5.74, 6) is -0.359. The molecule has 0 spiro atoms. The minimum Gasteiger partial charge on any atom is -0.325 e. The Bertz CT molecular complexity index is 832. The van der Waals surface area contributed by atoms with Crippen molar-refractivity contribution in [2.45, 2.75) is 20.4 Å². The minimum atomic E-state index is -3.50. The van der Waals surface area contributed by atoms with Crippen molar-refractivity contribution in [3.8, 4) is 0 Å². The summed E-state index contributed by atoms with van der Waals surface area (Å²) in [4.78, 5) is 12.3. The molecule has 2 rings (SSSR count). The zero-order chi connectivity index (χ0) is 17.7. The highest BCUT2D eigenvalue weighted by molar-refractivity contribution is 7.88. The highest BCUT2D eigenvalue weighted by Crippen LogP contribution is 2.14. The topological polar surface area (TPSA) is 66.5 Å². The van der Waals surface area contributed by atoms with Crippen molar-refractivity contribution in [1.82, 2.24) is 4.31 Å². The lowest BCUT2D eigenvalue weighted by Crippen LogP contribution is -2.37. The number of rotatable bonds is 6. The number of sulfonamides is 1. The van der Waals surface area contributed by atoms with Crippen LogP contribution in [0.2, 0.25) is 0 Å². The van der Waals surface area contributed by atoms with Crippen LogP contribution < -0.4 is 5.32 Å². The number of para-hydroxylation sites is 1. The summed E-state index contributed by atoms with van der Waals surface area (Å²) in [7, 11) is -3.50. The summed E-state index contributed by atoms with van der Waals surface area (Å²) in [5, 5.41) is 2.76. The molecule has 0 atom stereocenters. The molecule has 5 nitrogen and oxygen atoms in total. The number of benzene rings is 2. The van der Waals surface area contributed by atoms with Gasteiger partial charge in [-0.25, -0.2) is 8.42 Å². The van der Waals surface area contributed by atoms with Crippen LogP contribution in [0.25, 0.3) is 0 Å². The smallest absolute Gasteiger partial charge is 0.239 e. The molecule has 0 aromatic heterocycles. The highest BCUT2D eigenvalue weighted by Gasteiger charge is 2.21. The molecule has 0 saturated heterocycles. The van der Waals surface area contributed by atoms with E-state index in [9.17, 15) is 13.2 Å². The molecule has 128 valence electrons. The molecule has 2 aromatic carbocycles. The predicted molar refractivity (Wildman–Crippen MR) is 96.2 cm³/mol. The van der Waals surface area contributed by atoms with Crippen molar-refractivity contribution in [3.05, 3.63) is 65.2 Å². The van der Waals surface area contributed by atoms with Gasteiger partial charge >= 0.3 is 0 Å². The van der Waals surface area contributed by atoms with Crippen LogP contribution in [-0.2, 0) is 21.4 Å². The van der Waals surface area contributed by atoms with Crippen molar-refractivity contribution >= 4 is 21.6 Å². The van der Waals surface area contributed by atoms with Gasteiger partial charge < -0.3 is 5.32 Å². The average molecular weight is 346 g/mol. The van der Waals surface area contributed by atoms with Gasteiger partial charge in [0.1, 0.15) is 0 Å². The van der Waals surface area contributed by atoms with Gasteiger partial charge in [0, 0.05) is 12.2 Å². The summed E-state index contributed by atoms with van der Waals surface area (Å²) in [6, 6.07) is 15.0. The van der Waals surface area contributed by atoms with Crippen LogP contribution in [0.5, 0.6) is 0 Å². The number of hydrogen-bond acceptors (Lipinski definition) is 3. The summed E-state index contributed by atoms with van der Waals surface area (Å²) >= 11 is 0. The molecular weight excluding hydrogens is 324 g/mol. The second-order valence-corrected chi connectivity index (χ2v) is 7.87. The maximum atomic E-state index is 12.3. The Kier molecular flexibility index (Phi) is 5.75. The summed E-state index contributed by atoms with van der Waals surface area (Å²) in [5.41, 5.74) is 3.51. The first-order chi connectivity index (χ1) is 11.3. The van der Waals surface area contributed by atoms with E-state index in [1.807, 2.05) is 56.3 Å². The fourth-order valence-corrected chi connectivity index (χ4v) is 3.10. The Hall–Kier alpha value is -2.18. The maximum absolute atomic E-state index is 12.3. The molecule has 0 bridgehead atoms. The number of nitrogens with one attached hydrogen (secondary N) is 1. The van der Waals surface area contributed by atoms with Crippen LogP contribution in [0.1, 0.15) is 16.7 Å². The SMILES string of the molecule is Cc1cccc(CN(CC(=O)Nc2ccccc2C)S(C)(=O)=O)c1. The van der Waals surface area contributed by atoms with Crippen LogP contribution in [0.3, 0.4) is 0 Å². The number of anilines is 1.